The summed E-state index contributed by atoms with van der Waals surface area (Å²) < 4.78 is 0. The maximum absolute atomic E-state index is 12.6. The second-order valence-corrected chi connectivity index (χ2v) is 8.20. The molecule has 31 heavy (non-hydrogen) atoms. The summed E-state index contributed by atoms with van der Waals surface area (Å²) in [5, 5.41) is 9.54. The van der Waals surface area contributed by atoms with Gasteiger partial charge in [-0.25, -0.2) is 0 Å². The van der Waals surface area contributed by atoms with Gasteiger partial charge in [0.25, 0.3) is 5.91 Å². The minimum atomic E-state index is -0.112. The van der Waals surface area contributed by atoms with Gasteiger partial charge in [-0.2, -0.15) is 0 Å². The van der Waals surface area contributed by atoms with E-state index in [1.807, 2.05) is 24.3 Å². The first-order valence-electron chi connectivity index (χ1n) is 10.7. The Morgan fingerprint density at radius 3 is 2.48 bits per heavy atom. The van der Waals surface area contributed by atoms with Crippen LogP contribution in [0.25, 0.3) is 0 Å². The zero-order chi connectivity index (χ0) is 21.7. The lowest BCUT2D eigenvalue weighted by Crippen LogP contribution is -2.49. The van der Waals surface area contributed by atoms with Gasteiger partial charge in [0.2, 0.25) is 5.91 Å². The number of nitrogens with one attached hydrogen (secondary N) is 3. The van der Waals surface area contributed by atoms with Crippen LogP contribution in [-0.4, -0.2) is 55.9 Å². The third-order valence-electron chi connectivity index (χ3n) is 6.04. The Kier molecular flexibility index (Phi) is 6.21. The van der Waals surface area contributed by atoms with Crippen LogP contribution in [0.1, 0.15) is 34.3 Å². The summed E-state index contributed by atoms with van der Waals surface area (Å²) in [5.74, 6) is 0.545. The van der Waals surface area contributed by atoms with Crippen molar-refractivity contribution in [2.75, 3.05) is 33.2 Å². The van der Waals surface area contributed by atoms with Crippen LogP contribution in [0.15, 0.2) is 59.6 Å². The summed E-state index contributed by atoms with van der Waals surface area (Å²) in [7, 11) is 1.77. The Hall–Kier alpha value is -3.35. The van der Waals surface area contributed by atoms with Gasteiger partial charge in [0.15, 0.2) is 5.96 Å². The van der Waals surface area contributed by atoms with Crippen LogP contribution in [0.4, 0.5) is 0 Å². The predicted molar refractivity (Wildman–Crippen MR) is 121 cm³/mol. The van der Waals surface area contributed by atoms with Gasteiger partial charge in [-0.3, -0.25) is 14.6 Å². The number of carbonyl (C=O) groups excluding carboxylic acids is 2. The highest BCUT2D eigenvalue weighted by Gasteiger charge is 2.44. The third-order valence-corrected chi connectivity index (χ3v) is 6.04. The summed E-state index contributed by atoms with van der Waals surface area (Å²) in [4.78, 5) is 30.0. The molecule has 1 aliphatic heterocycles. The van der Waals surface area contributed by atoms with E-state index >= 15 is 0 Å². The second kappa shape index (κ2) is 9.20. The molecule has 1 aliphatic carbocycles. The first kappa shape index (κ1) is 20.9. The average molecular weight is 420 g/mol. The molecule has 162 valence electrons. The molecule has 7 heteroatoms. The fourth-order valence-corrected chi connectivity index (χ4v) is 3.93. The molecule has 2 aromatic carbocycles. The smallest absolute Gasteiger partial charge is 0.254 e. The quantitative estimate of drug-likeness (QED) is 0.491. The van der Waals surface area contributed by atoms with Crippen LogP contribution >= 0.6 is 0 Å². The highest BCUT2D eigenvalue weighted by molar-refractivity contribution is 5.97. The van der Waals surface area contributed by atoms with E-state index in [4.69, 9.17) is 0 Å². The van der Waals surface area contributed by atoms with E-state index in [1.54, 1.807) is 11.9 Å². The van der Waals surface area contributed by atoms with E-state index in [0.717, 1.165) is 18.1 Å². The first-order valence-corrected chi connectivity index (χ1v) is 10.7. The summed E-state index contributed by atoms with van der Waals surface area (Å²) in [5.41, 5.74) is 3.25. The summed E-state index contributed by atoms with van der Waals surface area (Å²) in [6, 6.07) is 18.1. The number of nitrogens with zero attached hydrogens (tertiary/aromatic N) is 2. The highest BCUT2D eigenvalue weighted by Crippen LogP contribution is 2.47. The lowest BCUT2D eigenvalue weighted by molar-refractivity contribution is -0.123. The molecule has 7 nitrogen and oxygen atoms in total. The number of piperazine rings is 1. The standard InChI is InChI=1S/C24H29N5O2/c1-25-23(28-17-24(11-12-24)20-5-3-2-4-6-20)27-15-18-7-9-19(10-8-18)22(31)29-14-13-26-21(30)16-29/h2-10H,11-17H2,1H3,(H,26,30)(H2,25,27,28). The third kappa shape index (κ3) is 5.05. The number of hydrogen-bond acceptors (Lipinski definition) is 3. The van der Waals surface area contributed by atoms with Gasteiger partial charge in [0, 0.05) is 44.2 Å². The minimum Gasteiger partial charge on any atom is -0.356 e. The van der Waals surface area contributed by atoms with Gasteiger partial charge < -0.3 is 20.9 Å². The van der Waals surface area contributed by atoms with Gasteiger partial charge >= 0.3 is 0 Å². The molecule has 0 spiro atoms. The topological polar surface area (TPSA) is 85.8 Å². The largest absolute Gasteiger partial charge is 0.356 e. The monoisotopic (exact) mass is 419 g/mol. The van der Waals surface area contributed by atoms with Crippen molar-refractivity contribution < 1.29 is 9.59 Å². The lowest BCUT2D eigenvalue weighted by Gasteiger charge is -2.26. The van der Waals surface area contributed by atoms with Crippen LogP contribution in [-0.2, 0) is 16.8 Å². The van der Waals surface area contributed by atoms with Crippen LogP contribution in [0, 0.1) is 0 Å². The maximum atomic E-state index is 12.6. The van der Waals surface area contributed by atoms with Gasteiger partial charge in [-0.05, 0) is 36.1 Å². The van der Waals surface area contributed by atoms with Crippen molar-refractivity contribution in [1.29, 1.82) is 0 Å². The van der Waals surface area contributed by atoms with E-state index in [2.05, 4.69) is 51.3 Å². The molecule has 1 saturated carbocycles. The molecule has 3 N–H and O–H groups in total. The molecule has 2 aromatic rings. The van der Waals surface area contributed by atoms with Crippen molar-refractivity contribution in [3.63, 3.8) is 0 Å². The Morgan fingerprint density at radius 2 is 1.84 bits per heavy atom. The molecular formula is C24H29N5O2. The Labute approximate surface area is 182 Å². The summed E-state index contributed by atoms with van der Waals surface area (Å²) in [6.45, 7) is 2.63. The van der Waals surface area contributed by atoms with Gasteiger partial charge in [0.1, 0.15) is 0 Å². The van der Waals surface area contributed by atoms with Crippen LogP contribution in [0.5, 0.6) is 0 Å². The first-order chi connectivity index (χ1) is 15.1. The predicted octanol–water partition coefficient (Wildman–Crippen LogP) is 1.66. The van der Waals surface area contributed by atoms with Crippen molar-refractivity contribution >= 4 is 17.8 Å². The molecule has 0 atom stereocenters. The molecule has 2 fully saturated rings. The fraction of sp³-hybridized carbons (Fsp3) is 0.375. The van der Waals surface area contributed by atoms with E-state index in [9.17, 15) is 9.59 Å². The minimum absolute atomic E-state index is 0.109. The number of aliphatic imine (C=N–C) groups is 1. The lowest BCUT2D eigenvalue weighted by atomic mass is 9.96. The number of benzene rings is 2. The number of carbonyl (C=O) groups is 2. The maximum Gasteiger partial charge on any atom is 0.254 e. The zero-order valence-electron chi connectivity index (χ0n) is 17.9. The Morgan fingerprint density at radius 1 is 1.10 bits per heavy atom. The Balaban J connectivity index is 1.28. The molecule has 0 unspecified atom stereocenters. The average Bonchev–Trinajstić information content (AvgIpc) is 3.61. The Bertz CT molecular complexity index is 952. The van der Waals surface area contributed by atoms with Crippen LogP contribution < -0.4 is 16.0 Å². The molecule has 1 heterocycles. The molecule has 0 aromatic heterocycles. The van der Waals surface area contributed by atoms with Crippen molar-refractivity contribution in [3.05, 3.63) is 71.3 Å². The van der Waals surface area contributed by atoms with Gasteiger partial charge in [-0.15, -0.1) is 0 Å². The molecule has 2 amide bonds. The van der Waals surface area contributed by atoms with Crippen molar-refractivity contribution in [3.8, 4) is 0 Å². The fourth-order valence-electron chi connectivity index (χ4n) is 3.93. The van der Waals surface area contributed by atoms with Gasteiger partial charge in [-0.1, -0.05) is 42.5 Å². The van der Waals surface area contributed by atoms with Gasteiger partial charge in [0.05, 0.1) is 6.54 Å². The van der Waals surface area contributed by atoms with E-state index < -0.39 is 0 Å². The molecule has 1 saturated heterocycles. The molecule has 0 radical (unpaired) electrons. The number of hydrogen-bond donors (Lipinski definition) is 3. The normalized spacial score (nSPS) is 17.6. The van der Waals surface area contributed by atoms with Crippen molar-refractivity contribution in [2.45, 2.75) is 24.8 Å². The zero-order valence-corrected chi connectivity index (χ0v) is 17.9. The SMILES string of the molecule is CN=C(NCc1ccc(C(=O)N2CCNC(=O)C2)cc1)NCC1(c2ccccc2)CC1. The van der Waals surface area contributed by atoms with E-state index in [0.29, 0.717) is 25.2 Å². The summed E-state index contributed by atoms with van der Waals surface area (Å²) >= 11 is 0. The van der Waals surface area contributed by atoms with E-state index in [1.165, 1.54) is 18.4 Å². The van der Waals surface area contributed by atoms with Crippen LogP contribution in [0.3, 0.4) is 0 Å². The van der Waals surface area contributed by atoms with E-state index in [-0.39, 0.29) is 23.8 Å². The second-order valence-electron chi connectivity index (χ2n) is 8.20. The van der Waals surface area contributed by atoms with Crippen molar-refractivity contribution in [2.24, 2.45) is 4.99 Å². The molecular weight excluding hydrogens is 390 g/mol. The highest BCUT2D eigenvalue weighted by atomic mass is 16.2. The molecule has 4 rings (SSSR count). The van der Waals surface area contributed by atoms with Crippen LogP contribution in [0.2, 0.25) is 0 Å². The summed E-state index contributed by atoms with van der Waals surface area (Å²) in [6.07, 6.45) is 2.38. The number of rotatable bonds is 6. The number of amides is 2. The molecule has 0 bridgehead atoms. The molecule has 2 aliphatic rings. The number of guanidine groups is 1. The van der Waals surface area contributed by atoms with Crippen molar-refractivity contribution in [1.82, 2.24) is 20.9 Å².